The molecule has 1 aromatic heterocycles. The van der Waals surface area contributed by atoms with E-state index in [4.69, 9.17) is 11.6 Å². The molecule has 160 valence electrons. The highest BCUT2D eigenvalue weighted by molar-refractivity contribution is 7.12. The van der Waals surface area contributed by atoms with Gasteiger partial charge in [0, 0.05) is 23.7 Å². The highest BCUT2D eigenvalue weighted by Gasteiger charge is 2.41. The summed E-state index contributed by atoms with van der Waals surface area (Å²) in [5.74, 6) is -0.693. The molecular weight excluding hydrogens is 424 g/mol. The van der Waals surface area contributed by atoms with E-state index in [0.29, 0.717) is 41.4 Å². The van der Waals surface area contributed by atoms with Gasteiger partial charge in [-0.2, -0.15) is 0 Å². The van der Waals surface area contributed by atoms with Gasteiger partial charge in [-0.25, -0.2) is 0 Å². The van der Waals surface area contributed by atoms with Gasteiger partial charge in [-0.3, -0.25) is 14.4 Å². The van der Waals surface area contributed by atoms with Crippen molar-refractivity contribution in [3.8, 4) is 0 Å². The minimum atomic E-state index is -0.959. The van der Waals surface area contributed by atoms with Gasteiger partial charge in [0.15, 0.2) is 0 Å². The molecule has 1 fully saturated rings. The normalized spacial score (nSPS) is 15.3. The van der Waals surface area contributed by atoms with Gasteiger partial charge in [-0.15, -0.1) is 11.3 Å². The number of carbonyl (C=O) groups is 3. The number of aryl methyl sites for hydroxylation is 1. The molecule has 0 atom stereocenters. The monoisotopic (exact) mass is 448 g/mol. The molecule has 1 aromatic carbocycles. The van der Waals surface area contributed by atoms with Crippen molar-refractivity contribution in [2.45, 2.75) is 25.3 Å². The number of piperidine rings is 1. The molecule has 2 aromatic rings. The van der Waals surface area contributed by atoms with Crippen LogP contribution in [-0.2, 0) is 4.79 Å². The minimum Gasteiger partial charge on any atom is -0.352 e. The van der Waals surface area contributed by atoms with E-state index in [-0.39, 0.29) is 30.8 Å². The molecule has 0 aliphatic carbocycles. The number of benzene rings is 1. The van der Waals surface area contributed by atoms with Crippen molar-refractivity contribution in [3.63, 3.8) is 0 Å². The highest BCUT2D eigenvalue weighted by atomic mass is 35.5. The number of hydrogen-bond donors (Lipinski definition) is 4. The van der Waals surface area contributed by atoms with Crippen molar-refractivity contribution >= 4 is 40.7 Å². The second kappa shape index (κ2) is 10.1. The van der Waals surface area contributed by atoms with Crippen LogP contribution in [0.2, 0.25) is 5.02 Å². The van der Waals surface area contributed by atoms with Crippen LogP contribution in [0, 0.1) is 6.92 Å². The van der Waals surface area contributed by atoms with Gasteiger partial charge in [0.05, 0.1) is 4.88 Å². The fourth-order valence-corrected chi connectivity index (χ4v) is 4.31. The first-order valence-electron chi connectivity index (χ1n) is 9.81. The lowest BCUT2D eigenvalue weighted by Gasteiger charge is -2.37. The quantitative estimate of drug-likeness (QED) is 0.487. The van der Waals surface area contributed by atoms with Crippen molar-refractivity contribution < 1.29 is 14.4 Å². The Morgan fingerprint density at radius 2 is 1.70 bits per heavy atom. The SMILES string of the molecule is Cc1ccsc1C(=O)NC1(C(=O)NCCNC(=O)c2ccc(Cl)cc2)CCNCC1. The average molecular weight is 449 g/mol. The highest BCUT2D eigenvalue weighted by Crippen LogP contribution is 2.22. The average Bonchev–Trinajstić information content (AvgIpc) is 3.18. The van der Waals surface area contributed by atoms with Gasteiger partial charge >= 0.3 is 0 Å². The van der Waals surface area contributed by atoms with E-state index >= 15 is 0 Å². The van der Waals surface area contributed by atoms with Gasteiger partial charge in [0.25, 0.3) is 11.8 Å². The fraction of sp³-hybridized carbons (Fsp3) is 0.381. The Kier molecular flexibility index (Phi) is 7.47. The van der Waals surface area contributed by atoms with Crippen LogP contribution in [0.3, 0.4) is 0 Å². The van der Waals surface area contributed by atoms with E-state index in [9.17, 15) is 14.4 Å². The molecule has 1 aliphatic heterocycles. The summed E-state index contributed by atoms with van der Waals surface area (Å²) in [5, 5.41) is 14.2. The summed E-state index contributed by atoms with van der Waals surface area (Å²) in [6, 6.07) is 8.47. The van der Waals surface area contributed by atoms with E-state index < -0.39 is 5.54 Å². The number of hydrogen-bond acceptors (Lipinski definition) is 5. The molecule has 0 bridgehead atoms. The first-order valence-corrected chi connectivity index (χ1v) is 11.1. The van der Waals surface area contributed by atoms with Crippen molar-refractivity contribution in [1.82, 2.24) is 21.3 Å². The van der Waals surface area contributed by atoms with Crippen LogP contribution in [0.15, 0.2) is 35.7 Å². The molecule has 0 spiro atoms. The summed E-state index contributed by atoms with van der Waals surface area (Å²) in [4.78, 5) is 38.5. The van der Waals surface area contributed by atoms with Crippen molar-refractivity contribution in [1.29, 1.82) is 0 Å². The third kappa shape index (κ3) is 5.38. The largest absolute Gasteiger partial charge is 0.352 e. The molecule has 1 aliphatic rings. The van der Waals surface area contributed by atoms with Crippen LogP contribution < -0.4 is 21.3 Å². The number of thiophene rings is 1. The number of amides is 3. The molecule has 1 saturated heterocycles. The molecule has 0 saturated carbocycles. The maximum absolute atomic E-state index is 13.0. The Balaban J connectivity index is 1.55. The van der Waals surface area contributed by atoms with E-state index in [2.05, 4.69) is 21.3 Å². The summed E-state index contributed by atoms with van der Waals surface area (Å²) >= 11 is 7.19. The molecule has 7 nitrogen and oxygen atoms in total. The van der Waals surface area contributed by atoms with Gasteiger partial charge in [-0.1, -0.05) is 11.6 Å². The number of carbonyl (C=O) groups excluding carboxylic acids is 3. The Hall–Kier alpha value is -2.42. The standard InChI is InChI=1S/C21H25ClN4O3S/c1-14-6-13-30-17(14)19(28)26-21(7-9-23-10-8-21)20(29)25-12-11-24-18(27)15-2-4-16(22)5-3-15/h2-6,13,23H,7-12H2,1H3,(H,24,27)(H,25,29)(H,26,28). The van der Waals surface area contributed by atoms with Gasteiger partial charge < -0.3 is 21.3 Å². The summed E-state index contributed by atoms with van der Waals surface area (Å²) in [7, 11) is 0. The first-order chi connectivity index (χ1) is 14.4. The number of halogens is 1. The van der Waals surface area contributed by atoms with Gasteiger partial charge in [-0.05, 0) is 74.1 Å². The summed E-state index contributed by atoms with van der Waals surface area (Å²) in [6.45, 7) is 3.71. The van der Waals surface area contributed by atoms with Crippen LogP contribution in [0.1, 0.15) is 38.4 Å². The zero-order valence-corrected chi connectivity index (χ0v) is 18.3. The Bertz CT molecular complexity index is 907. The lowest BCUT2D eigenvalue weighted by atomic mass is 9.87. The molecular formula is C21H25ClN4O3S. The molecule has 4 N–H and O–H groups in total. The van der Waals surface area contributed by atoms with Gasteiger partial charge in [0.2, 0.25) is 5.91 Å². The predicted molar refractivity (Wildman–Crippen MR) is 118 cm³/mol. The lowest BCUT2D eigenvalue weighted by molar-refractivity contribution is -0.128. The molecule has 3 amide bonds. The molecule has 30 heavy (non-hydrogen) atoms. The summed E-state index contributed by atoms with van der Waals surface area (Å²) in [6.07, 6.45) is 1.01. The van der Waals surface area contributed by atoms with E-state index in [1.54, 1.807) is 24.3 Å². The first kappa shape index (κ1) is 22.3. The van der Waals surface area contributed by atoms with Crippen molar-refractivity contribution in [3.05, 3.63) is 56.7 Å². The van der Waals surface area contributed by atoms with Crippen LogP contribution in [0.25, 0.3) is 0 Å². The molecule has 0 unspecified atom stereocenters. The smallest absolute Gasteiger partial charge is 0.262 e. The maximum atomic E-state index is 13.0. The third-order valence-electron chi connectivity index (χ3n) is 5.12. The van der Waals surface area contributed by atoms with Crippen molar-refractivity contribution in [2.24, 2.45) is 0 Å². The Labute approximate surface area is 184 Å². The molecule has 9 heteroatoms. The van der Waals surface area contributed by atoms with E-state index in [1.165, 1.54) is 11.3 Å². The Morgan fingerprint density at radius 3 is 2.33 bits per heavy atom. The summed E-state index contributed by atoms with van der Waals surface area (Å²) < 4.78 is 0. The second-order valence-corrected chi connectivity index (χ2v) is 8.59. The van der Waals surface area contributed by atoms with Gasteiger partial charge in [0.1, 0.15) is 5.54 Å². The maximum Gasteiger partial charge on any atom is 0.262 e. The van der Waals surface area contributed by atoms with Crippen LogP contribution >= 0.6 is 22.9 Å². The fourth-order valence-electron chi connectivity index (χ4n) is 3.37. The van der Waals surface area contributed by atoms with Crippen molar-refractivity contribution in [2.75, 3.05) is 26.2 Å². The van der Waals surface area contributed by atoms with Crippen LogP contribution in [-0.4, -0.2) is 49.4 Å². The van der Waals surface area contributed by atoms with E-state index in [0.717, 1.165) is 5.56 Å². The lowest BCUT2D eigenvalue weighted by Crippen LogP contribution is -2.63. The topological polar surface area (TPSA) is 99.3 Å². The summed E-state index contributed by atoms with van der Waals surface area (Å²) in [5.41, 5.74) is 0.435. The van der Waals surface area contributed by atoms with Crippen LogP contribution in [0.5, 0.6) is 0 Å². The Morgan fingerprint density at radius 1 is 1.03 bits per heavy atom. The predicted octanol–water partition coefficient (Wildman–Crippen LogP) is 2.11. The minimum absolute atomic E-state index is 0.226. The van der Waals surface area contributed by atoms with Crippen LogP contribution in [0.4, 0.5) is 0 Å². The molecule has 3 rings (SSSR count). The molecule has 0 radical (unpaired) electrons. The number of nitrogens with one attached hydrogen (secondary N) is 4. The zero-order chi connectivity index (χ0) is 21.6. The number of rotatable bonds is 7. The third-order valence-corrected chi connectivity index (χ3v) is 6.38. The molecule has 2 heterocycles. The second-order valence-electron chi connectivity index (χ2n) is 7.24. The van der Waals surface area contributed by atoms with E-state index in [1.807, 2.05) is 18.4 Å². The zero-order valence-electron chi connectivity index (χ0n) is 16.7.